The SMILES string of the molecule is O=C(CN1CCC[C@H](c2nccn2CC2CC2)C1)N1CCCCCC1. The van der Waals surface area contributed by atoms with Crippen LogP contribution in [-0.4, -0.2) is 58.0 Å². The van der Waals surface area contributed by atoms with E-state index in [4.69, 9.17) is 0 Å². The van der Waals surface area contributed by atoms with Gasteiger partial charge in [0.25, 0.3) is 0 Å². The van der Waals surface area contributed by atoms with Crippen LogP contribution in [0.4, 0.5) is 0 Å². The van der Waals surface area contributed by atoms with Gasteiger partial charge in [0.1, 0.15) is 5.82 Å². The highest BCUT2D eigenvalue weighted by molar-refractivity contribution is 5.78. The molecule has 1 atom stereocenters. The Morgan fingerprint density at radius 2 is 1.84 bits per heavy atom. The topological polar surface area (TPSA) is 41.4 Å². The first-order valence-corrected chi connectivity index (χ1v) is 10.3. The van der Waals surface area contributed by atoms with Gasteiger partial charge in [0, 0.05) is 44.5 Å². The third-order valence-electron chi connectivity index (χ3n) is 6.09. The lowest BCUT2D eigenvalue weighted by molar-refractivity contribution is -0.132. The predicted octanol–water partition coefficient (Wildman–Crippen LogP) is 2.88. The van der Waals surface area contributed by atoms with Crippen molar-refractivity contribution >= 4 is 5.91 Å². The van der Waals surface area contributed by atoms with E-state index in [1.807, 2.05) is 6.20 Å². The van der Waals surface area contributed by atoms with Crippen LogP contribution < -0.4 is 0 Å². The molecule has 1 amide bonds. The van der Waals surface area contributed by atoms with E-state index in [0.29, 0.717) is 18.4 Å². The van der Waals surface area contributed by atoms with Crippen molar-refractivity contribution in [1.82, 2.24) is 19.4 Å². The Kier molecular flexibility index (Phi) is 5.39. The third kappa shape index (κ3) is 4.43. The Bertz CT molecular complexity index is 572. The Hall–Kier alpha value is -1.36. The largest absolute Gasteiger partial charge is 0.342 e. The first-order chi connectivity index (χ1) is 12.3. The summed E-state index contributed by atoms with van der Waals surface area (Å²) >= 11 is 0. The quantitative estimate of drug-likeness (QED) is 0.825. The van der Waals surface area contributed by atoms with Crippen LogP contribution in [-0.2, 0) is 11.3 Å². The minimum absolute atomic E-state index is 0.337. The summed E-state index contributed by atoms with van der Waals surface area (Å²) in [7, 11) is 0. The molecule has 1 saturated carbocycles. The van der Waals surface area contributed by atoms with Crippen LogP contribution in [0.15, 0.2) is 12.4 Å². The Balaban J connectivity index is 1.34. The molecule has 1 aromatic rings. The number of imidazole rings is 1. The molecule has 3 aliphatic rings. The lowest BCUT2D eigenvalue weighted by Crippen LogP contribution is -2.44. The van der Waals surface area contributed by atoms with Gasteiger partial charge in [-0.2, -0.15) is 0 Å². The minimum Gasteiger partial charge on any atom is -0.342 e. The van der Waals surface area contributed by atoms with Gasteiger partial charge in [-0.1, -0.05) is 12.8 Å². The Morgan fingerprint density at radius 1 is 1.04 bits per heavy atom. The van der Waals surface area contributed by atoms with E-state index >= 15 is 0 Å². The molecule has 0 bridgehead atoms. The van der Waals surface area contributed by atoms with E-state index < -0.39 is 0 Å². The van der Waals surface area contributed by atoms with Gasteiger partial charge in [-0.3, -0.25) is 9.69 Å². The van der Waals surface area contributed by atoms with Gasteiger partial charge in [-0.25, -0.2) is 4.98 Å². The van der Waals surface area contributed by atoms with Crippen LogP contribution in [0, 0.1) is 5.92 Å². The molecular weight excluding hydrogens is 312 g/mol. The molecule has 138 valence electrons. The van der Waals surface area contributed by atoms with Gasteiger partial charge in [-0.05, 0) is 51.0 Å². The Labute approximate surface area is 151 Å². The molecule has 3 heterocycles. The summed E-state index contributed by atoms with van der Waals surface area (Å²) in [5, 5.41) is 0. The molecule has 4 rings (SSSR count). The molecule has 25 heavy (non-hydrogen) atoms. The highest BCUT2D eigenvalue weighted by atomic mass is 16.2. The normalized spacial score (nSPS) is 25.8. The maximum atomic E-state index is 12.7. The van der Waals surface area contributed by atoms with Crippen LogP contribution in [0.2, 0.25) is 0 Å². The highest BCUT2D eigenvalue weighted by Gasteiger charge is 2.29. The Morgan fingerprint density at radius 3 is 2.60 bits per heavy atom. The fourth-order valence-electron chi connectivity index (χ4n) is 4.43. The van der Waals surface area contributed by atoms with Crippen LogP contribution in [0.5, 0.6) is 0 Å². The van der Waals surface area contributed by atoms with Gasteiger partial charge in [-0.15, -0.1) is 0 Å². The minimum atomic E-state index is 0.337. The van der Waals surface area contributed by atoms with Gasteiger partial charge >= 0.3 is 0 Å². The molecule has 0 spiro atoms. The van der Waals surface area contributed by atoms with Crippen molar-refractivity contribution in [3.05, 3.63) is 18.2 Å². The van der Waals surface area contributed by atoms with Crippen molar-refractivity contribution < 1.29 is 4.79 Å². The van der Waals surface area contributed by atoms with E-state index in [-0.39, 0.29) is 0 Å². The zero-order valence-corrected chi connectivity index (χ0v) is 15.4. The standard InChI is InChI=1S/C20H32N4O/c25-19(23-11-3-1-2-4-12-23)16-22-10-5-6-18(15-22)20-21-9-13-24(20)14-17-7-8-17/h9,13,17-18H,1-8,10-12,14-16H2/t18-/m0/s1. The molecule has 5 nitrogen and oxygen atoms in total. The second-order valence-electron chi connectivity index (χ2n) is 8.25. The van der Waals surface area contributed by atoms with Crippen LogP contribution >= 0.6 is 0 Å². The monoisotopic (exact) mass is 344 g/mol. The molecule has 5 heteroatoms. The molecule has 0 unspecified atom stereocenters. The molecule has 2 saturated heterocycles. The fourth-order valence-corrected chi connectivity index (χ4v) is 4.43. The van der Waals surface area contributed by atoms with Crippen molar-refractivity contribution in [2.45, 2.75) is 63.8 Å². The summed E-state index contributed by atoms with van der Waals surface area (Å²) in [6.45, 7) is 5.70. The number of rotatable bonds is 5. The van der Waals surface area contributed by atoms with Crippen molar-refractivity contribution in [1.29, 1.82) is 0 Å². The summed E-state index contributed by atoms with van der Waals surface area (Å²) < 4.78 is 2.38. The van der Waals surface area contributed by atoms with E-state index in [0.717, 1.165) is 38.6 Å². The number of carbonyl (C=O) groups is 1. The molecule has 1 aliphatic carbocycles. The van der Waals surface area contributed by atoms with Crippen LogP contribution in [0.1, 0.15) is 63.1 Å². The predicted molar refractivity (Wildman–Crippen MR) is 98.4 cm³/mol. The lowest BCUT2D eigenvalue weighted by Gasteiger charge is -2.33. The van der Waals surface area contributed by atoms with Crippen LogP contribution in [0.3, 0.4) is 0 Å². The highest BCUT2D eigenvalue weighted by Crippen LogP contribution is 2.33. The first kappa shape index (κ1) is 17.1. The molecule has 0 aromatic carbocycles. The molecule has 2 aliphatic heterocycles. The second kappa shape index (κ2) is 7.90. The maximum absolute atomic E-state index is 12.7. The van der Waals surface area contributed by atoms with Gasteiger partial charge in [0.05, 0.1) is 6.54 Å². The van der Waals surface area contributed by atoms with E-state index in [1.165, 1.54) is 57.2 Å². The maximum Gasteiger partial charge on any atom is 0.236 e. The molecule has 1 aromatic heterocycles. The lowest BCUT2D eigenvalue weighted by atomic mass is 9.97. The zero-order valence-electron chi connectivity index (χ0n) is 15.4. The van der Waals surface area contributed by atoms with Crippen molar-refractivity contribution in [3.63, 3.8) is 0 Å². The van der Waals surface area contributed by atoms with E-state index in [2.05, 4.69) is 25.5 Å². The van der Waals surface area contributed by atoms with Crippen LogP contribution in [0.25, 0.3) is 0 Å². The van der Waals surface area contributed by atoms with E-state index in [1.54, 1.807) is 0 Å². The van der Waals surface area contributed by atoms with Gasteiger partial charge in [0.15, 0.2) is 0 Å². The molecule has 0 N–H and O–H groups in total. The van der Waals surface area contributed by atoms with Crippen molar-refractivity contribution in [2.24, 2.45) is 5.92 Å². The molecule has 3 fully saturated rings. The number of piperidine rings is 1. The zero-order chi connectivity index (χ0) is 17.1. The summed E-state index contributed by atoms with van der Waals surface area (Å²) in [5.74, 6) is 2.94. The van der Waals surface area contributed by atoms with Crippen molar-refractivity contribution in [2.75, 3.05) is 32.7 Å². The number of amides is 1. The number of hydrogen-bond acceptors (Lipinski definition) is 3. The van der Waals surface area contributed by atoms with Crippen molar-refractivity contribution in [3.8, 4) is 0 Å². The fraction of sp³-hybridized carbons (Fsp3) is 0.800. The average molecular weight is 345 g/mol. The average Bonchev–Trinajstić information content (AvgIpc) is 3.37. The number of hydrogen-bond donors (Lipinski definition) is 0. The molecule has 0 radical (unpaired) electrons. The summed E-state index contributed by atoms with van der Waals surface area (Å²) in [4.78, 5) is 21.8. The first-order valence-electron chi connectivity index (χ1n) is 10.3. The van der Waals surface area contributed by atoms with Gasteiger partial charge < -0.3 is 9.47 Å². The number of aromatic nitrogens is 2. The molecular formula is C20H32N4O. The number of likely N-dealkylation sites (tertiary alicyclic amines) is 2. The number of nitrogens with zero attached hydrogens (tertiary/aromatic N) is 4. The number of carbonyl (C=O) groups excluding carboxylic acids is 1. The van der Waals surface area contributed by atoms with E-state index in [9.17, 15) is 4.79 Å². The second-order valence-corrected chi connectivity index (χ2v) is 8.25. The third-order valence-corrected chi connectivity index (χ3v) is 6.09. The summed E-state index contributed by atoms with van der Waals surface area (Å²) in [5.41, 5.74) is 0. The summed E-state index contributed by atoms with van der Waals surface area (Å²) in [6, 6.07) is 0. The van der Waals surface area contributed by atoms with Gasteiger partial charge in [0.2, 0.25) is 5.91 Å². The summed E-state index contributed by atoms with van der Waals surface area (Å²) in [6.07, 6.45) is 14.1. The smallest absolute Gasteiger partial charge is 0.236 e.